The summed E-state index contributed by atoms with van der Waals surface area (Å²) in [6, 6.07) is 7.05. The third-order valence-corrected chi connectivity index (χ3v) is 3.29. The maximum absolute atomic E-state index is 12.2. The van der Waals surface area contributed by atoms with E-state index in [1.165, 1.54) is 17.0 Å². The molecule has 0 aliphatic heterocycles. The summed E-state index contributed by atoms with van der Waals surface area (Å²) >= 11 is 0. The predicted molar refractivity (Wildman–Crippen MR) is 84.5 cm³/mol. The lowest BCUT2D eigenvalue weighted by atomic mass is 10.1. The number of carbonyl (C=O) groups is 1. The van der Waals surface area contributed by atoms with Crippen LogP contribution in [0.15, 0.2) is 41.7 Å². The van der Waals surface area contributed by atoms with Crippen LogP contribution < -0.4 is 10.4 Å². The first kappa shape index (κ1) is 18.5. The summed E-state index contributed by atoms with van der Waals surface area (Å²) in [6.07, 6.45) is -1.57. The number of benzene rings is 1. The van der Waals surface area contributed by atoms with Gasteiger partial charge in [-0.3, -0.25) is 4.79 Å². The molecule has 0 bridgehead atoms. The molecule has 2 rings (SSSR count). The van der Waals surface area contributed by atoms with Crippen molar-refractivity contribution in [3.63, 3.8) is 0 Å². The molecule has 25 heavy (non-hydrogen) atoms. The van der Waals surface area contributed by atoms with E-state index in [2.05, 4.69) is 9.98 Å². The zero-order valence-electron chi connectivity index (χ0n) is 13.4. The molecule has 9 heteroatoms. The fourth-order valence-electron chi connectivity index (χ4n) is 2.02. The molecule has 1 heterocycles. The van der Waals surface area contributed by atoms with E-state index in [0.29, 0.717) is 31.0 Å². The van der Waals surface area contributed by atoms with Gasteiger partial charge in [0, 0.05) is 24.7 Å². The van der Waals surface area contributed by atoms with E-state index in [-0.39, 0.29) is 5.62 Å². The average Bonchev–Trinajstić information content (AvgIpc) is 2.98. The number of aryl methyl sites for hydroxylation is 1. The number of rotatable bonds is 6. The van der Waals surface area contributed by atoms with Crippen LogP contribution in [-0.4, -0.2) is 34.0 Å². The molecule has 0 fully saturated rings. The lowest BCUT2D eigenvalue weighted by Gasteiger charge is -2.07. The number of carbonyl (C=O) groups excluding carboxylic acids is 1. The van der Waals surface area contributed by atoms with E-state index < -0.39 is 12.1 Å². The van der Waals surface area contributed by atoms with E-state index in [4.69, 9.17) is 10.1 Å². The van der Waals surface area contributed by atoms with Gasteiger partial charge < -0.3 is 19.7 Å². The second kappa shape index (κ2) is 7.82. The van der Waals surface area contributed by atoms with Crippen molar-refractivity contribution in [1.82, 2.24) is 9.55 Å². The summed E-state index contributed by atoms with van der Waals surface area (Å²) < 4.78 is 43.7. The fourth-order valence-corrected chi connectivity index (χ4v) is 2.02. The third kappa shape index (κ3) is 5.33. The van der Waals surface area contributed by atoms with E-state index in [9.17, 15) is 18.0 Å². The van der Waals surface area contributed by atoms with E-state index >= 15 is 0 Å². The van der Waals surface area contributed by atoms with Gasteiger partial charge in [0.1, 0.15) is 5.75 Å². The molecule has 0 saturated carbocycles. The Morgan fingerprint density at radius 3 is 2.60 bits per heavy atom. The first-order valence-electron chi connectivity index (χ1n) is 7.45. The maximum atomic E-state index is 12.2. The lowest BCUT2D eigenvalue weighted by Crippen LogP contribution is -2.27. The molecular weight excluding hydrogens is 337 g/mol. The zero-order valence-corrected chi connectivity index (χ0v) is 13.4. The van der Waals surface area contributed by atoms with Crippen molar-refractivity contribution in [1.29, 1.82) is 5.41 Å². The van der Waals surface area contributed by atoms with Crippen LogP contribution in [0.1, 0.15) is 18.9 Å². The monoisotopic (exact) mass is 354 g/mol. The van der Waals surface area contributed by atoms with Crippen LogP contribution in [0.4, 0.5) is 13.2 Å². The van der Waals surface area contributed by atoms with Gasteiger partial charge in [0.25, 0.3) is 0 Å². The number of hydrogen-bond donors (Lipinski definition) is 2. The van der Waals surface area contributed by atoms with Gasteiger partial charge in [-0.2, -0.15) is 18.2 Å². The molecule has 1 amide bonds. The molecular formula is C16H17F3N4O2. The number of amides is 1. The number of aromatic nitrogens is 2. The zero-order chi connectivity index (χ0) is 18.4. The Hall–Kier alpha value is -2.84. The Kier molecular flexibility index (Phi) is 5.79. The van der Waals surface area contributed by atoms with Gasteiger partial charge in [-0.1, -0.05) is 0 Å². The molecule has 0 saturated heterocycles. The smallest absolute Gasteiger partial charge is 0.473 e. The number of nitrogens with one attached hydrogen (secondary N) is 2. The third-order valence-electron chi connectivity index (χ3n) is 3.29. The molecule has 2 aromatic rings. The Bertz CT molecular complexity index is 804. The van der Waals surface area contributed by atoms with Crippen molar-refractivity contribution in [2.45, 2.75) is 26.1 Å². The van der Waals surface area contributed by atoms with Crippen LogP contribution in [0.2, 0.25) is 0 Å². The molecule has 0 spiro atoms. The van der Waals surface area contributed by atoms with Gasteiger partial charge in [0.15, 0.2) is 0 Å². The first-order valence-corrected chi connectivity index (χ1v) is 7.45. The van der Waals surface area contributed by atoms with Crippen molar-refractivity contribution in [2.75, 3.05) is 6.61 Å². The molecule has 0 radical (unpaired) electrons. The van der Waals surface area contributed by atoms with Crippen LogP contribution in [0.25, 0.3) is 0 Å². The van der Waals surface area contributed by atoms with Crippen molar-refractivity contribution >= 4 is 11.6 Å². The van der Waals surface area contributed by atoms with E-state index in [1.807, 2.05) is 0 Å². The second-order valence-corrected chi connectivity index (χ2v) is 5.24. The molecule has 1 aromatic heterocycles. The van der Waals surface area contributed by atoms with Crippen molar-refractivity contribution < 1.29 is 22.7 Å². The standard InChI is InChI=1S/C16H17F3N4O2/c1-11(20)12-3-5-13(6-4-12)25-10-2-8-23-9-7-21-15(23)22-14(24)16(17,18)19/h3-7,9,20H,2,8,10H2,1H3,(H,21,22,24). The Labute approximate surface area is 141 Å². The van der Waals surface area contributed by atoms with Crippen molar-refractivity contribution in [3.05, 3.63) is 47.8 Å². The SMILES string of the molecule is CC(=N)c1ccc(OCCCn2cc[nH]/c2=N\C(=O)C(F)(F)F)cc1. The average molecular weight is 354 g/mol. The quantitative estimate of drug-likeness (QED) is 0.617. The molecule has 0 aliphatic rings. The van der Waals surface area contributed by atoms with Crippen LogP contribution in [-0.2, 0) is 11.3 Å². The minimum atomic E-state index is -4.99. The normalized spacial score (nSPS) is 12.2. The molecule has 0 unspecified atom stereocenters. The molecule has 0 atom stereocenters. The summed E-state index contributed by atoms with van der Waals surface area (Å²) in [7, 11) is 0. The second-order valence-electron chi connectivity index (χ2n) is 5.24. The van der Waals surface area contributed by atoms with Crippen molar-refractivity contribution in [2.24, 2.45) is 4.99 Å². The summed E-state index contributed by atoms with van der Waals surface area (Å²) in [5.41, 5.74) is 1.10. The number of alkyl halides is 3. The Morgan fingerprint density at radius 2 is 2.00 bits per heavy atom. The topological polar surface area (TPSA) is 83.2 Å². The van der Waals surface area contributed by atoms with Crippen LogP contribution in [0.5, 0.6) is 5.75 Å². The number of aromatic amines is 1. The van der Waals surface area contributed by atoms with Crippen LogP contribution in [0, 0.1) is 5.41 Å². The predicted octanol–water partition coefficient (Wildman–Crippen LogP) is 2.66. The number of ether oxygens (including phenoxy) is 1. The highest BCUT2D eigenvalue weighted by molar-refractivity contribution is 5.96. The Balaban J connectivity index is 1.89. The van der Waals surface area contributed by atoms with Gasteiger partial charge in [0.05, 0.1) is 6.61 Å². The lowest BCUT2D eigenvalue weighted by molar-refractivity contribution is -0.169. The highest BCUT2D eigenvalue weighted by Gasteiger charge is 2.38. The molecule has 134 valence electrons. The number of imidazole rings is 1. The summed E-state index contributed by atoms with van der Waals surface area (Å²) in [5.74, 6) is -1.51. The molecule has 1 aromatic carbocycles. The largest absolute Gasteiger partial charge is 0.494 e. The van der Waals surface area contributed by atoms with Gasteiger partial charge in [0.2, 0.25) is 5.62 Å². The molecule has 2 N–H and O–H groups in total. The minimum Gasteiger partial charge on any atom is -0.494 e. The fraction of sp³-hybridized carbons (Fsp3) is 0.312. The van der Waals surface area contributed by atoms with Gasteiger partial charge in [-0.25, -0.2) is 0 Å². The number of nitrogens with zero attached hydrogens (tertiary/aromatic N) is 2. The van der Waals surface area contributed by atoms with Gasteiger partial charge in [-0.15, -0.1) is 0 Å². The van der Waals surface area contributed by atoms with E-state index in [1.54, 1.807) is 31.2 Å². The van der Waals surface area contributed by atoms with Gasteiger partial charge in [-0.05, 0) is 43.2 Å². The van der Waals surface area contributed by atoms with Crippen LogP contribution in [0.3, 0.4) is 0 Å². The molecule has 6 nitrogen and oxygen atoms in total. The number of halogens is 3. The molecule has 0 aliphatic carbocycles. The maximum Gasteiger partial charge on any atom is 0.473 e. The highest BCUT2D eigenvalue weighted by atomic mass is 19.4. The van der Waals surface area contributed by atoms with Gasteiger partial charge >= 0.3 is 12.1 Å². The van der Waals surface area contributed by atoms with E-state index in [0.717, 1.165) is 5.56 Å². The Morgan fingerprint density at radius 1 is 1.32 bits per heavy atom. The minimum absolute atomic E-state index is 0.159. The van der Waals surface area contributed by atoms with Crippen molar-refractivity contribution in [3.8, 4) is 5.75 Å². The summed E-state index contributed by atoms with van der Waals surface area (Å²) in [6.45, 7) is 2.37. The first-order chi connectivity index (χ1) is 11.8. The number of H-pyrrole nitrogens is 1. The summed E-state index contributed by atoms with van der Waals surface area (Å²) in [4.78, 5) is 16.4. The van der Waals surface area contributed by atoms with Crippen LogP contribution >= 0.6 is 0 Å². The number of hydrogen-bond acceptors (Lipinski definition) is 3. The summed E-state index contributed by atoms with van der Waals surface area (Å²) in [5, 5.41) is 7.51. The highest BCUT2D eigenvalue weighted by Crippen LogP contribution is 2.15.